The fraction of sp³-hybridized carbons (Fsp3) is 0. The molecule has 3 aromatic rings. The quantitative estimate of drug-likeness (QED) is 0.295. The second-order valence-corrected chi connectivity index (χ2v) is 6.90. The van der Waals surface area contributed by atoms with Crippen LogP contribution in [-0.2, 0) is 9.59 Å². The Kier molecular flexibility index (Phi) is 7.00. The maximum atomic E-state index is 12.9. The number of hydrogen-bond acceptors (Lipinski definition) is 4. The lowest BCUT2D eigenvalue weighted by Gasteiger charge is -2.10. The highest BCUT2D eigenvalue weighted by Crippen LogP contribution is 2.24. The zero-order chi connectivity index (χ0) is 21.5. The molecular formula is C21H15Cl2FN4O2. The first-order valence-electron chi connectivity index (χ1n) is 8.63. The molecule has 0 aliphatic rings. The molecule has 0 saturated heterocycles. The van der Waals surface area contributed by atoms with Gasteiger partial charge in [-0.1, -0.05) is 29.3 Å². The molecule has 3 N–H and O–H groups in total. The van der Waals surface area contributed by atoms with Gasteiger partial charge >= 0.3 is 11.8 Å². The van der Waals surface area contributed by atoms with Crippen molar-refractivity contribution in [3.8, 4) is 0 Å². The second-order valence-electron chi connectivity index (χ2n) is 6.03. The number of hydrazone groups is 1. The molecule has 0 aromatic heterocycles. The standard InChI is InChI=1S/C21H15Cl2FN4O2/c22-14-2-1-3-18(11-14)26-19-9-4-15(23)10-13(19)12-25-28-21(30)20(29)27-17-7-5-16(24)6-8-17/h1-12,26H,(H,27,29)(H,28,30)/b25-12-. The highest BCUT2D eigenvalue weighted by Gasteiger charge is 2.13. The van der Waals surface area contributed by atoms with E-state index >= 15 is 0 Å². The van der Waals surface area contributed by atoms with Gasteiger partial charge < -0.3 is 10.6 Å². The molecule has 0 aliphatic heterocycles. The molecular weight excluding hydrogens is 430 g/mol. The summed E-state index contributed by atoms with van der Waals surface area (Å²) in [5.74, 6) is -2.38. The summed E-state index contributed by atoms with van der Waals surface area (Å²) in [6.07, 6.45) is 1.35. The van der Waals surface area contributed by atoms with Crippen LogP contribution in [0, 0.1) is 5.82 Å². The Bertz CT molecular complexity index is 1100. The van der Waals surface area contributed by atoms with Crippen molar-refractivity contribution in [1.82, 2.24) is 5.43 Å². The van der Waals surface area contributed by atoms with Gasteiger partial charge in [-0.05, 0) is 60.7 Å². The van der Waals surface area contributed by atoms with E-state index in [4.69, 9.17) is 23.2 Å². The van der Waals surface area contributed by atoms with Crippen LogP contribution < -0.4 is 16.1 Å². The molecule has 3 aromatic carbocycles. The summed E-state index contributed by atoms with van der Waals surface area (Å²) in [5, 5.41) is 10.4. The third-order valence-electron chi connectivity index (χ3n) is 3.80. The first-order chi connectivity index (χ1) is 14.4. The third kappa shape index (κ3) is 6.04. The van der Waals surface area contributed by atoms with Crippen LogP contribution in [0.4, 0.5) is 21.5 Å². The molecule has 6 nitrogen and oxygen atoms in total. The second kappa shape index (κ2) is 9.87. The number of hydrogen-bond donors (Lipinski definition) is 3. The van der Waals surface area contributed by atoms with Crippen LogP contribution in [0.25, 0.3) is 0 Å². The summed E-state index contributed by atoms with van der Waals surface area (Å²) >= 11 is 12.0. The van der Waals surface area contributed by atoms with Crippen LogP contribution in [0.2, 0.25) is 10.0 Å². The van der Waals surface area contributed by atoms with E-state index < -0.39 is 17.6 Å². The molecule has 0 saturated carbocycles. The van der Waals surface area contributed by atoms with Crippen molar-refractivity contribution in [2.45, 2.75) is 0 Å². The van der Waals surface area contributed by atoms with Gasteiger partial charge in [-0.3, -0.25) is 9.59 Å². The van der Waals surface area contributed by atoms with Crippen molar-refractivity contribution >= 4 is 58.3 Å². The van der Waals surface area contributed by atoms with Crippen molar-refractivity contribution < 1.29 is 14.0 Å². The van der Waals surface area contributed by atoms with Gasteiger partial charge in [0.05, 0.1) is 6.21 Å². The molecule has 0 bridgehead atoms. The van der Waals surface area contributed by atoms with Crippen LogP contribution in [0.3, 0.4) is 0 Å². The molecule has 0 fully saturated rings. The van der Waals surface area contributed by atoms with E-state index in [0.717, 1.165) is 5.69 Å². The molecule has 0 spiro atoms. The maximum absolute atomic E-state index is 12.9. The molecule has 0 atom stereocenters. The van der Waals surface area contributed by atoms with Gasteiger partial charge in [0.15, 0.2) is 0 Å². The van der Waals surface area contributed by atoms with Gasteiger partial charge in [-0.15, -0.1) is 0 Å². The Balaban J connectivity index is 1.66. The van der Waals surface area contributed by atoms with Gasteiger partial charge in [0, 0.05) is 32.7 Å². The lowest BCUT2D eigenvalue weighted by molar-refractivity contribution is -0.136. The average Bonchev–Trinajstić information content (AvgIpc) is 2.71. The minimum atomic E-state index is -0.984. The van der Waals surface area contributed by atoms with E-state index in [1.807, 2.05) is 6.07 Å². The fourth-order valence-corrected chi connectivity index (χ4v) is 2.78. The number of carbonyl (C=O) groups excluding carboxylic acids is 2. The van der Waals surface area contributed by atoms with Gasteiger partial charge in [-0.2, -0.15) is 5.10 Å². The molecule has 2 amide bonds. The van der Waals surface area contributed by atoms with E-state index in [2.05, 4.69) is 21.2 Å². The highest BCUT2D eigenvalue weighted by atomic mass is 35.5. The monoisotopic (exact) mass is 444 g/mol. The van der Waals surface area contributed by atoms with Gasteiger partial charge in [0.25, 0.3) is 0 Å². The normalized spacial score (nSPS) is 10.6. The SMILES string of the molecule is O=C(N/N=C\c1cc(Cl)ccc1Nc1cccc(Cl)c1)C(=O)Nc1ccc(F)cc1. The molecule has 9 heteroatoms. The fourth-order valence-electron chi connectivity index (χ4n) is 2.41. The topological polar surface area (TPSA) is 82.6 Å². The van der Waals surface area contributed by atoms with Crippen LogP contribution in [0.5, 0.6) is 0 Å². The predicted molar refractivity (Wildman–Crippen MR) is 117 cm³/mol. The van der Waals surface area contributed by atoms with Crippen molar-refractivity contribution in [2.24, 2.45) is 5.10 Å². The van der Waals surface area contributed by atoms with Crippen molar-refractivity contribution in [1.29, 1.82) is 0 Å². The largest absolute Gasteiger partial charge is 0.355 e. The van der Waals surface area contributed by atoms with E-state index in [0.29, 0.717) is 21.3 Å². The smallest absolute Gasteiger partial charge is 0.329 e. The van der Waals surface area contributed by atoms with Crippen LogP contribution in [0.15, 0.2) is 71.8 Å². The minimum absolute atomic E-state index is 0.281. The summed E-state index contributed by atoms with van der Waals surface area (Å²) in [5.41, 5.74) is 4.40. The minimum Gasteiger partial charge on any atom is -0.355 e. The summed E-state index contributed by atoms with van der Waals surface area (Å²) in [6, 6.07) is 17.2. The first-order valence-corrected chi connectivity index (χ1v) is 9.38. The number of benzene rings is 3. The third-order valence-corrected chi connectivity index (χ3v) is 4.27. The number of halogens is 3. The van der Waals surface area contributed by atoms with Crippen LogP contribution in [0.1, 0.15) is 5.56 Å². The van der Waals surface area contributed by atoms with Crippen LogP contribution >= 0.6 is 23.2 Å². The molecule has 0 radical (unpaired) electrons. The number of nitrogens with one attached hydrogen (secondary N) is 3. The summed E-state index contributed by atoms with van der Waals surface area (Å²) in [7, 11) is 0. The van der Waals surface area contributed by atoms with Gasteiger partial charge in [0.1, 0.15) is 5.82 Å². The number of anilines is 3. The molecule has 3 rings (SSSR count). The van der Waals surface area contributed by atoms with Crippen molar-refractivity contribution in [2.75, 3.05) is 10.6 Å². The van der Waals surface area contributed by atoms with E-state index in [-0.39, 0.29) is 5.69 Å². The van der Waals surface area contributed by atoms with Crippen molar-refractivity contribution in [3.63, 3.8) is 0 Å². The van der Waals surface area contributed by atoms with E-state index in [1.54, 1.807) is 36.4 Å². The number of amides is 2. The Morgan fingerprint density at radius 3 is 2.33 bits per heavy atom. The van der Waals surface area contributed by atoms with E-state index in [9.17, 15) is 14.0 Å². The summed E-state index contributed by atoms with van der Waals surface area (Å²) < 4.78 is 12.9. The molecule has 0 aliphatic carbocycles. The van der Waals surface area contributed by atoms with Gasteiger partial charge in [-0.25, -0.2) is 9.82 Å². The summed E-state index contributed by atoms with van der Waals surface area (Å²) in [4.78, 5) is 23.8. The molecule has 152 valence electrons. The number of nitrogens with zero attached hydrogens (tertiary/aromatic N) is 1. The average molecular weight is 445 g/mol. The Morgan fingerprint density at radius 1 is 0.867 bits per heavy atom. The number of rotatable bonds is 5. The first kappa shape index (κ1) is 21.3. The molecule has 0 unspecified atom stereocenters. The molecule has 30 heavy (non-hydrogen) atoms. The lowest BCUT2D eigenvalue weighted by Crippen LogP contribution is -2.32. The highest BCUT2D eigenvalue weighted by molar-refractivity contribution is 6.39. The van der Waals surface area contributed by atoms with E-state index in [1.165, 1.54) is 30.5 Å². The zero-order valence-corrected chi connectivity index (χ0v) is 16.8. The van der Waals surface area contributed by atoms with Crippen LogP contribution in [-0.4, -0.2) is 18.0 Å². The van der Waals surface area contributed by atoms with Gasteiger partial charge in [0.2, 0.25) is 0 Å². The maximum Gasteiger partial charge on any atom is 0.329 e. The predicted octanol–water partition coefficient (Wildman–Crippen LogP) is 4.96. The summed E-state index contributed by atoms with van der Waals surface area (Å²) in [6.45, 7) is 0. The Morgan fingerprint density at radius 2 is 1.60 bits per heavy atom. The zero-order valence-electron chi connectivity index (χ0n) is 15.3. The van der Waals surface area contributed by atoms with Crippen molar-refractivity contribution in [3.05, 3.63) is 88.2 Å². The number of carbonyl (C=O) groups is 2. The molecule has 0 heterocycles. The lowest BCUT2D eigenvalue weighted by atomic mass is 10.2. The Labute approximate surface area is 181 Å². The Hall–Kier alpha value is -3.42.